The molecule has 52 heavy (non-hydrogen) atoms. The Morgan fingerprint density at radius 3 is 1.92 bits per heavy atom. The summed E-state index contributed by atoms with van der Waals surface area (Å²) in [7, 11) is 0. The number of hydrogen-bond donors (Lipinski definition) is 0. The fourth-order valence-corrected chi connectivity index (χ4v) is 7.78. The van der Waals surface area contributed by atoms with Crippen LogP contribution in [0.3, 0.4) is 0 Å². The van der Waals surface area contributed by atoms with Crippen LogP contribution in [0.2, 0.25) is 0 Å². The molecule has 0 radical (unpaired) electrons. The molecule has 7 aromatic carbocycles. The molecule has 0 unspecified atom stereocenters. The molecule has 0 N–H and O–H groups in total. The Bertz CT molecular complexity index is 3070. The topological polar surface area (TPSA) is 43.6 Å². The highest BCUT2D eigenvalue weighted by molar-refractivity contribution is 6.11. The smallest absolute Gasteiger partial charge is 0.164 e. The number of rotatable bonds is 5. The van der Waals surface area contributed by atoms with Gasteiger partial charge in [0.15, 0.2) is 17.5 Å². The predicted molar refractivity (Wildman–Crippen MR) is 213 cm³/mol. The summed E-state index contributed by atoms with van der Waals surface area (Å²) in [5.74, 6) is 0.640. The van der Waals surface area contributed by atoms with E-state index in [0.29, 0.717) is 22.8 Å². The van der Waals surface area contributed by atoms with Crippen molar-refractivity contribution in [1.82, 2.24) is 19.5 Å². The van der Waals surface area contributed by atoms with Gasteiger partial charge in [-0.15, -0.1) is 0 Å². The maximum Gasteiger partial charge on any atom is 0.164 e. The molecule has 0 spiro atoms. The van der Waals surface area contributed by atoms with Crippen molar-refractivity contribution in [3.63, 3.8) is 0 Å². The first kappa shape index (κ1) is 25.3. The lowest BCUT2D eigenvalue weighted by molar-refractivity contribution is 0.661. The van der Waals surface area contributed by atoms with Crippen molar-refractivity contribution in [3.8, 4) is 62.1 Å². The lowest BCUT2D eigenvalue weighted by atomic mass is 9.82. The van der Waals surface area contributed by atoms with Crippen molar-refractivity contribution in [2.24, 2.45) is 0 Å². The van der Waals surface area contributed by atoms with Gasteiger partial charge in [0, 0.05) is 38.6 Å². The highest BCUT2D eigenvalue weighted by Gasteiger charge is 2.36. The zero-order valence-electron chi connectivity index (χ0n) is 33.6. The van der Waals surface area contributed by atoms with Crippen LogP contribution in [0.4, 0.5) is 0 Å². The number of fused-ring (bicyclic) bond motifs is 6. The van der Waals surface area contributed by atoms with Crippen molar-refractivity contribution >= 4 is 21.8 Å². The molecule has 10 rings (SSSR count). The highest BCUT2D eigenvalue weighted by Crippen LogP contribution is 2.51. The third kappa shape index (κ3) is 4.79. The molecule has 2 heterocycles. The lowest BCUT2D eigenvalue weighted by Crippen LogP contribution is -2.14. The monoisotopic (exact) mass is 671 g/mol. The second-order valence-corrected chi connectivity index (χ2v) is 13.7. The molecular weight excluding hydrogens is 633 g/mol. The van der Waals surface area contributed by atoms with Gasteiger partial charge in [-0.1, -0.05) is 135 Å². The number of aromatic nitrogens is 4. The molecule has 0 saturated carbocycles. The molecule has 0 saturated heterocycles. The van der Waals surface area contributed by atoms with Crippen molar-refractivity contribution in [2.45, 2.75) is 19.3 Å². The second-order valence-electron chi connectivity index (χ2n) is 13.7. The fraction of sp³-hybridized carbons (Fsp3) is 0.0625. The third-order valence-electron chi connectivity index (χ3n) is 10.3. The van der Waals surface area contributed by atoms with E-state index in [2.05, 4.69) is 91.2 Å². The van der Waals surface area contributed by atoms with E-state index in [1.54, 1.807) is 0 Å². The van der Waals surface area contributed by atoms with Gasteiger partial charge in [-0.3, -0.25) is 0 Å². The summed E-state index contributed by atoms with van der Waals surface area (Å²) in [6, 6.07) is 45.6. The van der Waals surface area contributed by atoms with Gasteiger partial charge < -0.3 is 4.57 Å². The highest BCUT2D eigenvalue weighted by atomic mass is 15.0. The minimum Gasteiger partial charge on any atom is -0.309 e. The van der Waals surface area contributed by atoms with Crippen LogP contribution in [-0.4, -0.2) is 19.5 Å². The molecule has 2 aromatic heterocycles. The summed E-state index contributed by atoms with van der Waals surface area (Å²) in [6.07, 6.45) is 0. The second kappa shape index (κ2) is 11.7. The first-order valence-electron chi connectivity index (χ1n) is 19.9. The zero-order valence-corrected chi connectivity index (χ0v) is 28.6. The van der Waals surface area contributed by atoms with E-state index in [-0.39, 0.29) is 28.9 Å². The molecule has 0 bridgehead atoms. The number of nitrogens with zero attached hydrogens (tertiary/aromatic N) is 4. The SMILES string of the molecule is [2H]c1c([2H])c([2H])c(-c2nc(-c3ccc(-n4c5ccccc5c5cc6c(cc54)-c4ccccc4C6(C)C)cc3)nc(-c3cccc(-c4ccccc4)c3)n2)c([2H])c1[2H]. The maximum absolute atomic E-state index is 8.74. The van der Waals surface area contributed by atoms with Gasteiger partial charge in [-0.25, -0.2) is 15.0 Å². The van der Waals surface area contributed by atoms with E-state index >= 15 is 0 Å². The molecule has 9 aromatic rings. The van der Waals surface area contributed by atoms with Crippen LogP contribution >= 0.6 is 0 Å². The first-order valence-corrected chi connectivity index (χ1v) is 17.4. The van der Waals surface area contributed by atoms with E-state index in [1.165, 1.54) is 33.0 Å². The molecule has 1 aliphatic rings. The molecule has 0 fully saturated rings. The Kier molecular flexibility index (Phi) is 5.70. The van der Waals surface area contributed by atoms with E-state index in [0.717, 1.165) is 27.8 Å². The van der Waals surface area contributed by atoms with Crippen molar-refractivity contribution in [1.29, 1.82) is 0 Å². The number of hydrogen-bond acceptors (Lipinski definition) is 3. The van der Waals surface area contributed by atoms with Gasteiger partial charge in [-0.2, -0.15) is 0 Å². The van der Waals surface area contributed by atoms with Crippen LogP contribution in [0.1, 0.15) is 31.8 Å². The van der Waals surface area contributed by atoms with Crippen molar-refractivity contribution in [3.05, 3.63) is 181 Å². The molecular formula is C48H34N4. The quantitative estimate of drug-likeness (QED) is 0.183. The summed E-state index contributed by atoms with van der Waals surface area (Å²) in [4.78, 5) is 14.5. The summed E-state index contributed by atoms with van der Waals surface area (Å²) in [6.45, 7) is 4.61. The molecule has 0 amide bonds. The Morgan fingerprint density at radius 1 is 0.462 bits per heavy atom. The Morgan fingerprint density at radius 2 is 1.12 bits per heavy atom. The van der Waals surface area contributed by atoms with E-state index < -0.39 is 18.1 Å². The first-order chi connectivity index (χ1) is 27.6. The molecule has 0 aliphatic heterocycles. The average Bonchev–Trinajstić information content (AvgIpc) is 3.69. The third-order valence-corrected chi connectivity index (χ3v) is 10.3. The van der Waals surface area contributed by atoms with Crippen LogP contribution in [0.15, 0.2) is 170 Å². The summed E-state index contributed by atoms with van der Waals surface area (Å²) in [5.41, 5.74) is 11.5. The zero-order chi connectivity index (χ0) is 39.2. The summed E-state index contributed by atoms with van der Waals surface area (Å²) < 4.78 is 44.7. The summed E-state index contributed by atoms with van der Waals surface area (Å²) >= 11 is 0. The van der Waals surface area contributed by atoms with E-state index in [1.807, 2.05) is 66.7 Å². The normalized spacial score (nSPS) is 14.3. The van der Waals surface area contributed by atoms with E-state index in [4.69, 9.17) is 21.8 Å². The van der Waals surface area contributed by atoms with Gasteiger partial charge in [0.2, 0.25) is 0 Å². The van der Waals surface area contributed by atoms with E-state index in [9.17, 15) is 0 Å². The molecule has 0 atom stereocenters. The van der Waals surface area contributed by atoms with Crippen LogP contribution in [0.25, 0.3) is 83.9 Å². The maximum atomic E-state index is 8.74. The fourth-order valence-electron chi connectivity index (χ4n) is 7.78. The standard InChI is InChI=1S/C48H34N4/c1-48(2)41-22-11-9-20-37(41)39-30-44-40(29-42(39)48)38-21-10-12-23-43(38)52(44)36-26-24-33(25-27-36)46-49-45(32-16-7-4-8-17-32)50-47(51-46)35-19-13-18-34(28-35)31-14-5-3-6-15-31/h3-30H,1-2H3/i4D,7D,8D,16D,17D. The Hall–Kier alpha value is -6.65. The van der Waals surface area contributed by atoms with Crippen LogP contribution in [0, 0.1) is 0 Å². The predicted octanol–water partition coefficient (Wildman–Crippen LogP) is 11.9. The average molecular weight is 672 g/mol. The largest absolute Gasteiger partial charge is 0.309 e. The minimum atomic E-state index is -0.475. The van der Waals surface area contributed by atoms with Crippen LogP contribution in [-0.2, 0) is 5.41 Å². The van der Waals surface area contributed by atoms with Crippen LogP contribution in [0.5, 0.6) is 0 Å². The molecule has 4 heteroatoms. The van der Waals surface area contributed by atoms with Gasteiger partial charge in [0.25, 0.3) is 0 Å². The Labute approximate surface area is 309 Å². The summed E-state index contributed by atoms with van der Waals surface area (Å²) in [5, 5.41) is 2.37. The molecule has 1 aliphatic carbocycles. The van der Waals surface area contributed by atoms with Gasteiger partial charge in [-0.05, 0) is 81.9 Å². The van der Waals surface area contributed by atoms with Crippen molar-refractivity contribution in [2.75, 3.05) is 0 Å². The Balaban J connectivity index is 1.14. The number of benzene rings is 7. The lowest BCUT2D eigenvalue weighted by Gasteiger charge is -2.21. The number of para-hydroxylation sites is 1. The molecule has 4 nitrogen and oxygen atoms in total. The van der Waals surface area contributed by atoms with Crippen molar-refractivity contribution < 1.29 is 6.85 Å². The minimum absolute atomic E-state index is 0.000601. The van der Waals surface area contributed by atoms with Gasteiger partial charge in [0.05, 0.1) is 17.9 Å². The van der Waals surface area contributed by atoms with Crippen LogP contribution < -0.4 is 0 Å². The van der Waals surface area contributed by atoms with Gasteiger partial charge >= 0.3 is 0 Å². The van der Waals surface area contributed by atoms with Gasteiger partial charge in [0.1, 0.15) is 0 Å². The molecule has 246 valence electrons.